The van der Waals surface area contributed by atoms with Gasteiger partial charge in [-0.1, -0.05) is 35.9 Å². The Labute approximate surface area is 124 Å². The maximum Gasteiger partial charge on any atom is 0.161 e. The third kappa shape index (κ3) is 2.99. The molecule has 2 rings (SSSR count). The number of para-hydroxylation sites is 1. The molecule has 0 N–H and O–H groups in total. The fraction of sp³-hybridized carbons (Fsp3) is 0.250. The summed E-state index contributed by atoms with van der Waals surface area (Å²) in [5.74, 6) is 1.37. The van der Waals surface area contributed by atoms with Crippen LogP contribution in [0.5, 0.6) is 11.5 Å². The van der Waals surface area contributed by atoms with Crippen molar-refractivity contribution in [3.05, 3.63) is 54.1 Å². The second-order valence-corrected chi connectivity index (χ2v) is 4.81. The molecule has 0 heterocycles. The Balaban J connectivity index is 2.27. The summed E-state index contributed by atoms with van der Waals surface area (Å²) in [5.41, 5.74) is 1.73. The van der Waals surface area contributed by atoms with E-state index in [1.807, 2.05) is 60.5 Å². The van der Waals surface area contributed by atoms with Gasteiger partial charge >= 0.3 is 0 Å². The first-order chi connectivity index (χ1) is 9.67. The highest BCUT2D eigenvalue weighted by Crippen LogP contribution is 2.34. The molecule has 0 aliphatic heterocycles. The first-order valence-corrected chi connectivity index (χ1v) is 6.75. The van der Waals surface area contributed by atoms with Gasteiger partial charge in [-0.25, -0.2) is 0 Å². The Bertz CT molecular complexity index is 560. The van der Waals surface area contributed by atoms with Crippen molar-refractivity contribution in [2.75, 3.05) is 26.2 Å². The fourth-order valence-corrected chi connectivity index (χ4v) is 2.27. The zero-order chi connectivity index (χ0) is 14.5. The van der Waals surface area contributed by atoms with Gasteiger partial charge in [-0.2, -0.15) is 0 Å². The van der Waals surface area contributed by atoms with Crippen molar-refractivity contribution in [1.82, 2.24) is 0 Å². The average Bonchev–Trinajstić information content (AvgIpc) is 2.53. The smallest absolute Gasteiger partial charge is 0.161 e. The molecule has 0 saturated carbocycles. The maximum absolute atomic E-state index is 6.55. The van der Waals surface area contributed by atoms with Crippen LogP contribution in [0.1, 0.15) is 11.1 Å². The third-order valence-corrected chi connectivity index (χ3v) is 3.73. The van der Waals surface area contributed by atoms with Crippen LogP contribution in [-0.4, -0.2) is 21.3 Å². The van der Waals surface area contributed by atoms with Gasteiger partial charge in [-0.3, -0.25) is 0 Å². The van der Waals surface area contributed by atoms with E-state index in [2.05, 4.69) is 0 Å². The van der Waals surface area contributed by atoms with Gasteiger partial charge in [0.15, 0.2) is 11.5 Å². The van der Waals surface area contributed by atoms with Crippen LogP contribution in [0.25, 0.3) is 0 Å². The van der Waals surface area contributed by atoms with Crippen LogP contribution in [-0.2, 0) is 0 Å². The summed E-state index contributed by atoms with van der Waals surface area (Å²) in [6.45, 7) is 0. The lowest BCUT2D eigenvalue weighted by atomic mass is 10.1. The van der Waals surface area contributed by atoms with Gasteiger partial charge in [0.25, 0.3) is 0 Å². The number of ether oxygens (including phenoxy) is 2. The molecule has 106 valence electrons. The number of benzene rings is 2. The molecule has 20 heavy (non-hydrogen) atoms. The summed E-state index contributed by atoms with van der Waals surface area (Å²) in [7, 11) is 5.20. The van der Waals surface area contributed by atoms with Crippen molar-refractivity contribution in [3.63, 3.8) is 0 Å². The van der Waals surface area contributed by atoms with Crippen LogP contribution in [0, 0.1) is 0 Å². The standard InChI is InChI=1S/C16H18ClNO2/c1-18(13-7-5-4-6-8-13)16(17)12-9-10-14(19-2)15(11-12)20-3/h4-11,16H,1-3H3. The van der Waals surface area contributed by atoms with Gasteiger partial charge < -0.3 is 14.4 Å². The van der Waals surface area contributed by atoms with Gasteiger partial charge in [0.05, 0.1) is 14.2 Å². The Morgan fingerprint density at radius 2 is 1.60 bits per heavy atom. The summed E-state index contributed by atoms with van der Waals surface area (Å²) in [4.78, 5) is 2.00. The molecule has 0 spiro atoms. The van der Waals surface area contributed by atoms with Crippen LogP contribution < -0.4 is 14.4 Å². The van der Waals surface area contributed by atoms with Crippen molar-refractivity contribution in [3.8, 4) is 11.5 Å². The van der Waals surface area contributed by atoms with Gasteiger partial charge in [0.2, 0.25) is 0 Å². The molecular weight excluding hydrogens is 274 g/mol. The maximum atomic E-state index is 6.55. The van der Waals surface area contributed by atoms with E-state index in [1.165, 1.54) is 0 Å². The first-order valence-electron chi connectivity index (χ1n) is 6.31. The monoisotopic (exact) mass is 291 g/mol. The molecule has 0 saturated heterocycles. The number of anilines is 1. The number of alkyl halides is 1. The minimum absolute atomic E-state index is 0.280. The molecule has 0 fully saturated rings. The van der Waals surface area contributed by atoms with E-state index >= 15 is 0 Å². The molecule has 2 aromatic rings. The lowest BCUT2D eigenvalue weighted by Crippen LogP contribution is -2.19. The number of methoxy groups -OCH3 is 2. The minimum Gasteiger partial charge on any atom is -0.493 e. The molecule has 0 radical (unpaired) electrons. The Kier molecular flexibility index (Phi) is 4.74. The predicted octanol–water partition coefficient (Wildman–Crippen LogP) is 4.08. The Hall–Kier alpha value is -1.87. The number of nitrogens with zero attached hydrogens (tertiary/aromatic N) is 1. The lowest BCUT2D eigenvalue weighted by molar-refractivity contribution is 0.354. The van der Waals surface area contributed by atoms with E-state index in [-0.39, 0.29) is 5.50 Å². The quantitative estimate of drug-likeness (QED) is 0.612. The van der Waals surface area contributed by atoms with Gasteiger partial charge in [-0.05, 0) is 29.8 Å². The predicted molar refractivity (Wildman–Crippen MR) is 83.0 cm³/mol. The van der Waals surface area contributed by atoms with Crippen LogP contribution in [0.15, 0.2) is 48.5 Å². The van der Waals surface area contributed by atoms with Crippen molar-refractivity contribution in [1.29, 1.82) is 0 Å². The molecule has 0 amide bonds. The first kappa shape index (κ1) is 14.5. The highest BCUT2D eigenvalue weighted by Gasteiger charge is 2.16. The summed E-state index contributed by atoms with van der Waals surface area (Å²) in [5, 5.41) is 0. The fourth-order valence-electron chi connectivity index (χ4n) is 2.02. The summed E-state index contributed by atoms with van der Waals surface area (Å²) in [6.07, 6.45) is 0. The molecule has 1 unspecified atom stereocenters. The average molecular weight is 292 g/mol. The zero-order valence-corrected chi connectivity index (χ0v) is 12.6. The second kappa shape index (κ2) is 6.53. The summed E-state index contributed by atoms with van der Waals surface area (Å²) < 4.78 is 10.5. The van der Waals surface area contributed by atoms with Gasteiger partial charge in [0.1, 0.15) is 5.50 Å². The Morgan fingerprint density at radius 3 is 2.20 bits per heavy atom. The molecule has 0 bridgehead atoms. The summed E-state index contributed by atoms with van der Waals surface area (Å²) in [6, 6.07) is 15.7. The molecular formula is C16H18ClNO2. The highest BCUT2D eigenvalue weighted by molar-refractivity contribution is 6.22. The molecule has 0 aliphatic carbocycles. The number of rotatable bonds is 5. The van der Waals surface area contributed by atoms with E-state index in [4.69, 9.17) is 21.1 Å². The van der Waals surface area contributed by atoms with Crippen LogP contribution in [0.4, 0.5) is 5.69 Å². The SMILES string of the molecule is COc1ccc(C(Cl)N(C)c2ccccc2)cc1OC. The zero-order valence-electron chi connectivity index (χ0n) is 11.8. The molecule has 0 aromatic heterocycles. The van der Waals surface area contributed by atoms with Crippen molar-refractivity contribution >= 4 is 17.3 Å². The number of hydrogen-bond donors (Lipinski definition) is 0. The van der Waals surface area contributed by atoms with E-state index in [0.717, 1.165) is 11.3 Å². The van der Waals surface area contributed by atoms with Crippen LogP contribution in [0.2, 0.25) is 0 Å². The lowest BCUT2D eigenvalue weighted by Gasteiger charge is -2.26. The van der Waals surface area contributed by atoms with E-state index < -0.39 is 0 Å². The van der Waals surface area contributed by atoms with E-state index in [1.54, 1.807) is 14.2 Å². The van der Waals surface area contributed by atoms with Crippen LogP contribution >= 0.6 is 11.6 Å². The van der Waals surface area contributed by atoms with E-state index in [9.17, 15) is 0 Å². The second-order valence-electron chi connectivity index (χ2n) is 4.40. The third-order valence-electron chi connectivity index (χ3n) is 3.19. The van der Waals surface area contributed by atoms with Crippen molar-refractivity contribution in [2.24, 2.45) is 0 Å². The molecule has 2 aromatic carbocycles. The number of hydrogen-bond acceptors (Lipinski definition) is 3. The molecule has 3 nitrogen and oxygen atoms in total. The Morgan fingerprint density at radius 1 is 0.950 bits per heavy atom. The molecule has 4 heteroatoms. The normalized spacial score (nSPS) is 11.8. The van der Waals surface area contributed by atoms with Gasteiger partial charge in [0, 0.05) is 12.7 Å². The minimum atomic E-state index is -0.280. The van der Waals surface area contributed by atoms with Crippen molar-refractivity contribution in [2.45, 2.75) is 5.50 Å². The van der Waals surface area contributed by atoms with Crippen molar-refractivity contribution < 1.29 is 9.47 Å². The topological polar surface area (TPSA) is 21.7 Å². The van der Waals surface area contributed by atoms with E-state index in [0.29, 0.717) is 11.5 Å². The van der Waals surface area contributed by atoms with Gasteiger partial charge in [-0.15, -0.1) is 0 Å². The highest BCUT2D eigenvalue weighted by atomic mass is 35.5. The number of halogens is 1. The molecule has 0 aliphatic rings. The largest absolute Gasteiger partial charge is 0.493 e. The van der Waals surface area contributed by atoms with Crippen LogP contribution in [0.3, 0.4) is 0 Å². The molecule has 1 atom stereocenters. The summed E-state index contributed by atoms with van der Waals surface area (Å²) >= 11 is 6.55.